The molecule has 1 saturated heterocycles. The first-order valence-corrected chi connectivity index (χ1v) is 5.30. The van der Waals surface area contributed by atoms with E-state index in [4.69, 9.17) is 0 Å². The minimum absolute atomic E-state index is 0.452. The van der Waals surface area contributed by atoms with Crippen LogP contribution in [0.1, 0.15) is 13.8 Å². The summed E-state index contributed by atoms with van der Waals surface area (Å²) in [6, 6.07) is 2.82. The van der Waals surface area contributed by atoms with Gasteiger partial charge in [-0.2, -0.15) is 5.10 Å². The summed E-state index contributed by atoms with van der Waals surface area (Å²) in [6.07, 6.45) is 3.73. The number of guanidine groups is 1. The summed E-state index contributed by atoms with van der Waals surface area (Å²) in [5.74, 6) is 0.905. The van der Waals surface area contributed by atoms with Crippen LogP contribution in [0.3, 0.4) is 0 Å². The fourth-order valence-electron chi connectivity index (χ4n) is 1.51. The zero-order valence-electron chi connectivity index (χ0n) is 9.14. The Morgan fingerprint density at radius 2 is 2.13 bits per heavy atom. The number of rotatable bonds is 3. The van der Waals surface area contributed by atoms with Crippen LogP contribution in [-0.4, -0.2) is 34.4 Å². The standard InChI is InChI=1S/C10H17N5/c1-8-9(2)14-10(13-8)11-5-7-15-6-3-4-12-15/h3-4,6,8-9H,5,7H2,1-2H3,(H2,11,13,14). The van der Waals surface area contributed by atoms with Crippen molar-refractivity contribution >= 4 is 5.96 Å². The molecule has 1 aliphatic rings. The van der Waals surface area contributed by atoms with E-state index in [-0.39, 0.29) is 0 Å². The molecule has 0 bridgehead atoms. The predicted molar refractivity (Wildman–Crippen MR) is 59.7 cm³/mol. The largest absolute Gasteiger partial charge is 0.352 e. The Kier molecular flexibility index (Phi) is 2.89. The van der Waals surface area contributed by atoms with Crippen molar-refractivity contribution in [1.82, 2.24) is 20.4 Å². The molecule has 5 heteroatoms. The van der Waals surface area contributed by atoms with Gasteiger partial charge in [-0.15, -0.1) is 0 Å². The van der Waals surface area contributed by atoms with E-state index in [9.17, 15) is 0 Å². The molecule has 0 spiro atoms. The summed E-state index contributed by atoms with van der Waals surface area (Å²) < 4.78 is 1.88. The molecule has 0 aromatic carbocycles. The second kappa shape index (κ2) is 4.33. The van der Waals surface area contributed by atoms with Gasteiger partial charge in [0, 0.05) is 24.5 Å². The van der Waals surface area contributed by atoms with Gasteiger partial charge in [-0.3, -0.25) is 9.67 Å². The quantitative estimate of drug-likeness (QED) is 0.745. The van der Waals surface area contributed by atoms with E-state index in [0.717, 1.165) is 19.0 Å². The molecule has 2 rings (SSSR count). The first-order valence-electron chi connectivity index (χ1n) is 5.30. The Morgan fingerprint density at radius 1 is 1.40 bits per heavy atom. The van der Waals surface area contributed by atoms with Gasteiger partial charge in [0.05, 0.1) is 13.1 Å². The average Bonchev–Trinajstić information content (AvgIpc) is 2.79. The maximum absolute atomic E-state index is 4.43. The average molecular weight is 207 g/mol. The van der Waals surface area contributed by atoms with Gasteiger partial charge in [0.1, 0.15) is 0 Å². The van der Waals surface area contributed by atoms with Crippen molar-refractivity contribution in [1.29, 1.82) is 0 Å². The normalized spacial score (nSPS) is 24.8. The highest BCUT2D eigenvalue weighted by molar-refractivity contribution is 5.82. The molecule has 1 aromatic heterocycles. The maximum Gasteiger partial charge on any atom is 0.191 e. The number of aromatic nitrogens is 2. The van der Waals surface area contributed by atoms with E-state index in [2.05, 4.69) is 34.6 Å². The van der Waals surface area contributed by atoms with Crippen LogP contribution in [0.2, 0.25) is 0 Å². The van der Waals surface area contributed by atoms with E-state index in [1.165, 1.54) is 0 Å². The zero-order chi connectivity index (χ0) is 10.7. The lowest BCUT2D eigenvalue weighted by Crippen LogP contribution is -2.27. The number of aliphatic imine (C=N–C) groups is 1. The molecule has 2 heterocycles. The van der Waals surface area contributed by atoms with Gasteiger partial charge >= 0.3 is 0 Å². The zero-order valence-corrected chi connectivity index (χ0v) is 9.14. The lowest BCUT2D eigenvalue weighted by Gasteiger charge is -2.04. The van der Waals surface area contributed by atoms with E-state index >= 15 is 0 Å². The van der Waals surface area contributed by atoms with E-state index < -0.39 is 0 Å². The van der Waals surface area contributed by atoms with Crippen LogP contribution in [0.5, 0.6) is 0 Å². The molecule has 0 amide bonds. The predicted octanol–water partition coefficient (Wildman–Crippen LogP) is 0.209. The summed E-state index contributed by atoms with van der Waals surface area (Å²) in [5, 5.41) is 10.7. The molecule has 5 nitrogen and oxygen atoms in total. The molecule has 1 fully saturated rings. The van der Waals surface area contributed by atoms with Crippen LogP contribution in [0, 0.1) is 0 Å². The highest BCUT2D eigenvalue weighted by Crippen LogP contribution is 1.98. The Labute approximate surface area is 89.6 Å². The molecule has 15 heavy (non-hydrogen) atoms. The Morgan fingerprint density at radius 3 is 2.73 bits per heavy atom. The highest BCUT2D eigenvalue weighted by atomic mass is 15.3. The molecule has 2 atom stereocenters. The lowest BCUT2D eigenvalue weighted by molar-refractivity contribution is 0.583. The summed E-state index contributed by atoms with van der Waals surface area (Å²) in [7, 11) is 0. The number of nitrogens with zero attached hydrogens (tertiary/aromatic N) is 3. The van der Waals surface area contributed by atoms with Crippen LogP contribution in [0.15, 0.2) is 23.5 Å². The third kappa shape index (κ3) is 2.49. The highest BCUT2D eigenvalue weighted by Gasteiger charge is 2.21. The van der Waals surface area contributed by atoms with Crippen molar-refractivity contribution in [2.75, 3.05) is 6.54 Å². The van der Waals surface area contributed by atoms with Gasteiger partial charge in [-0.05, 0) is 19.9 Å². The molecule has 1 aliphatic heterocycles. The topological polar surface area (TPSA) is 54.2 Å². The third-order valence-corrected chi connectivity index (χ3v) is 2.64. The fraction of sp³-hybridized carbons (Fsp3) is 0.600. The van der Waals surface area contributed by atoms with Crippen molar-refractivity contribution in [3.8, 4) is 0 Å². The SMILES string of the molecule is CC1NC(=NCCn2cccn2)NC1C. The van der Waals surface area contributed by atoms with E-state index in [0.29, 0.717) is 12.1 Å². The second-order valence-corrected chi connectivity index (χ2v) is 3.87. The van der Waals surface area contributed by atoms with Crippen molar-refractivity contribution in [2.45, 2.75) is 32.5 Å². The van der Waals surface area contributed by atoms with Crippen molar-refractivity contribution < 1.29 is 0 Å². The maximum atomic E-state index is 4.43. The van der Waals surface area contributed by atoms with Crippen LogP contribution in [0.4, 0.5) is 0 Å². The van der Waals surface area contributed by atoms with Crippen molar-refractivity contribution in [2.24, 2.45) is 4.99 Å². The second-order valence-electron chi connectivity index (χ2n) is 3.87. The van der Waals surface area contributed by atoms with Crippen molar-refractivity contribution in [3.05, 3.63) is 18.5 Å². The summed E-state index contributed by atoms with van der Waals surface area (Å²) in [6.45, 7) is 5.86. The Hall–Kier alpha value is -1.52. The van der Waals surface area contributed by atoms with Crippen LogP contribution < -0.4 is 10.6 Å². The molecule has 0 radical (unpaired) electrons. The molecule has 82 valence electrons. The molecule has 2 N–H and O–H groups in total. The molecular weight excluding hydrogens is 190 g/mol. The van der Waals surface area contributed by atoms with Gasteiger partial charge in [-0.1, -0.05) is 0 Å². The summed E-state index contributed by atoms with van der Waals surface area (Å²) in [4.78, 5) is 4.43. The third-order valence-electron chi connectivity index (χ3n) is 2.64. The van der Waals surface area contributed by atoms with Gasteiger partial charge in [0.25, 0.3) is 0 Å². The van der Waals surface area contributed by atoms with Gasteiger partial charge in [0.2, 0.25) is 0 Å². The minimum atomic E-state index is 0.452. The minimum Gasteiger partial charge on any atom is -0.352 e. The first-order chi connectivity index (χ1) is 7.25. The van der Waals surface area contributed by atoms with Crippen LogP contribution >= 0.6 is 0 Å². The molecule has 2 unspecified atom stereocenters. The van der Waals surface area contributed by atoms with E-state index in [1.807, 2.05) is 16.9 Å². The van der Waals surface area contributed by atoms with Gasteiger partial charge in [0.15, 0.2) is 5.96 Å². The van der Waals surface area contributed by atoms with Gasteiger partial charge in [-0.25, -0.2) is 0 Å². The first kappa shape index (κ1) is 10.0. The molecule has 0 aliphatic carbocycles. The van der Waals surface area contributed by atoms with Gasteiger partial charge < -0.3 is 10.6 Å². The molecule has 0 saturated carbocycles. The smallest absolute Gasteiger partial charge is 0.191 e. The van der Waals surface area contributed by atoms with Crippen LogP contribution in [-0.2, 0) is 6.54 Å². The van der Waals surface area contributed by atoms with Crippen LogP contribution in [0.25, 0.3) is 0 Å². The van der Waals surface area contributed by atoms with Crippen molar-refractivity contribution in [3.63, 3.8) is 0 Å². The number of nitrogens with one attached hydrogen (secondary N) is 2. The monoisotopic (exact) mass is 207 g/mol. The Bertz CT molecular complexity index is 318. The number of hydrogen-bond donors (Lipinski definition) is 2. The summed E-state index contributed by atoms with van der Waals surface area (Å²) in [5.41, 5.74) is 0. The number of hydrogen-bond acceptors (Lipinski definition) is 2. The lowest BCUT2D eigenvalue weighted by atomic mass is 10.2. The van der Waals surface area contributed by atoms with E-state index in [1.54, 1.807) is 6.20 Å². The molecular formula is C10H17N5. The Balaban J connectivity index is 1.80. The molecule has 1 aromatic rings. The summed E-state index contributed by atoms with van der Waals surface area (Å²) >= 11 is 0. The fourth-order valence-corrected chi connectivity index (χ4v) is 1.51.